The number of esters is 1. The summed E-state index contributed by atoms with van der Waals surface area (Å²) in [6.07, 6.45) is -5.67. The minimum absolute atomic E-state index is 0.0391. The molecule has 2 aromatic rings. The van der Waals surface area contributed by atoms with Gasteiger partial charge in [0, 0.05) is 12.0 Å². The van der Waals surface area contributed by atoms with E-state index in [1.807, 2.05) is 31.2 Å². The summed E-state index contributed by atoms with van der Waals surface area (Å²) in [5.74, 6) is -2.50. The van der Waals surface area contributed by atoms with E-state index in [4.69, 9.17) is 20.3 Å². The fourth-order valence-electron chi connectivity index (χ4n) is 5.31. The van der Waals surface area contributed by atoms with Crippen molar-refractivity contribution in [2.75, 3.05) is 0 Å². The highest BCUT2D eigenvalue weighted by Crippen LogP contribution is 2.38. The normalized spacial score (nSPS) is 29.0. The molecular weight excluding hydrogens is 510 g/mol. The molecule has 12 heteroatoms. The Labute approximate surface area is 224 Å². The molecule has 1 saturated carbocycles. The molecule has 1 saturated heterocycles. The molecular formula is C27H33N3O9. The van der Waals surface area contributed by atoms with Crippen molar-refractivity contribution in [2.45, 2.75) is 82.6 Å². The lowest BCUT2D eigenvalue weighted by molar-refractivity contribution is -0.286. The summed E-state index contributed by atoms with van der Waals surface area (Å²) < 4.78 is 10.1. The summed E-state index contributed by atoms with van der Waals surface area (Å²) >= 11 is 0. The average molecular weight is 544 g/mol. The fourth-order valence-corrected chi connectivity index (χ4v) is 5.31. The molecule has 0 unspecified atom stereocenters. The van der Waals surface area contributed by atoms with Gasteiger partial charge in [-0.1, -0.05) is 24.3 Å². The number of aliphatic carboxylic acids is 1. The fraction of sp³-hybridized carbons (Fsp3) is 0.519. The molecule has 39 heavy (non-hydrogen) atoms. The number of hydrogen-bond donors (Lipinski definition) is 5. The number of carboxylic acids is 1. The van der Waals surface area contributed by atoms with Crippen LogP contribution in [-0.4, -0.2) is 78.9 Å². The van der Waals surface area contributed by atoms with E-state index >= 15 is 0 Å². The number of carbonyl (C=O) groups is 3. The maximum Gasteiger partial charge on any atom is 0.335 e. The van der Waals surface area contributed by atoms with Crippen LogP contribution in [0.4, 0.5) is 0 Å². The van der Waals surface area contributed by atoms with Gasteiger partial charge in [-0.3, -0.25) is 14.6 Å². The van der Waals surface area contributed by atoms with E-state index in [-0.39, 0.29) is 18.0 Å². The first-order valence-electron chi connectivity index (χ1n) is 12.8. The number of hydrogen-bond acceptors (Lipinski definition) is 10. The van der Waals surface area contributed by atoms with Gasteiger partial charge in [0.15, 0.2) is 6.10 Å². The number of aliphatic hydroxyl groups is 3. The van der Waals surface area contributed by atoms with Crippen LogP contribution in [0, 0.1) is 19.8 Å². The summed E-state index contributed by atoms with van der Waals surface area (Å²) in [5.41, 5.74) is 9.35. The van der Waals surface area contributed by atoms with Gasteiger partial charge in [0.05, 0.1) is 17.1 Å². The van der Waals surface area contributed by atoms with Crippen LogP contribution in [0.1, 0.15) is 65.5 Å². The highest BCUT2D eigenvalue weighted by atomic mass is 16.7. The van der Waals surface area contributed by atoms with Crippen molar-refractivity contribution in [3.05, 3.63) is 46.9 Å². The highest BCUT2D eigenvalue weighted by Gasteiger charge is 2.48. The molecule has 1 amide bonds. The number of ether oxygens (including phenoxy) is 2. The van der Waals surface area contributed by atoms with Gasteiger partial charge >= 0.3 is 11.9 Å². The molecule has 6 N–H and O–H groups in total. The Morgan fingerprint density at radius 1 is 0.949 bits per heavy atom. The number of nitrogens with zero attached hydrogens (tertiary/aromatic N) is 2. The van der Waals surface area contributed by atoms with E-state index in [0.717, 1.165) is 36.8 Å². The lowest BCUT2D eigenvalue weighted by Crippen LogP contribution is -2.60. The van der Waals surface area contributed by atoms with Gasteiger partial charge in [0.2, 0.25) is 6.29 Å². The van der Waals surface area contributed by atoms with Gasteiger partial charge in [0.25, 0.3) is 5.91 Å². The van der Waals surface area contributed by atoms with E-state index in [9.17, 15) is 29.7 Å². The Morgan fingerprint density at radius 2 is 1.59 bits per heavy atom. The molecule has 210 valence electrons. The minimum Gasteiger partial charge on any atom is -0.479 e. The van der Waals surface area contributed by atoms with Gasteiger partial charge in [-0.05, 0) is 56.9 Å². The number of aromatic nitrogens is 2. The number of carboxylic acid groups (broad SMARTS) is 1. The van der Waals surface area contributed by atoms with Crippen LogP contribution in [0.2, 0.25) is 0 Å². The van der Waals surface area contributed by atoms with Crippen LogP contribution in [0.5, 0.6) is 0 Å². The van der Waals surface area contributed by atoms with Gasteiger partial charge in [-0.2, -0.15) is 0 Å². The number of nitrogens with two attached hydrogens (primary N) is 1. The Balaban J connectivity index is 1.32. The topological polar surface area (TPSA) is 202 Å². The molecule has 1 aromatic carbocycles. The molecule has 1 aliphatic heterocycles. The number of aryl methyl sites for hydroxylation is 2. The van der Waals surface area contributed by atoms with E-state index in [1.165, 1.54) is 0 Å². The minimum atomic E-state index is -1.85. The van der Waals surface area contributed by atoms with Crippen molar-refractivity contribution >= 4 is 17.8 Å². The highest BCUT2D eigenvalue weighted by molar-refractivity contribution is 5.92. The molecule has 12 nitrogen and oxygen atoms in total. The standard InChI is InChI=1S/C27H33N3O9/c1-12-19(30-20(25(28)35)13(2)29-12)17-9-7-16(8-10-17)15-5-3-14(4-6-15)11-18(31)38-27-23(34)21(32)22(33)24(39-27)26(36)37/h7-10,14-15,21-24,27,32-34H,3-6,11H2,1-2H3,(H2,28,35)(H,36,37)/t14?,15?,21-,22-,23+,24-,27+/m0/s1. The van der Waals surface area contributed by atoms with E-state index in [0.29, 0.717) is 23.0 Å². The molecule has 4 rings (SSSR count). The first-order valence-corrected chi connectivity index (χ1v) is 12.8. The molecule has 5 atom stereocenters. The van der Waals surface area contributed by atoms with Crippen LogP contribution >= 0.6 is 0 Å². The summed E-state index contributed by atoms with van der Waals surface area (Å²) in [6, 6.07) is 7.95. The van der Waals surface area contributed by atoms with Crippen LogP contribution in [0.25, 0.3) is 11.3 Å². The average Bonchev–Trinajstić information content (AvgIpc) is 2.89. The second-order valence-corrected chi connectivity index (χ2v) is 10.2. The van der Waals surface area contributed by atoms with E-state index in [2.05, 4.69) is 9.97 Å². The third-order valence-corrected chi connectivity index (χ3v) is 7.50. The first kappa shape index (κ1) is 28.6. The van der Waals surface area contributed by atoms with Crippen molar-refractivity contribution in [3.8, 4) is 11.3 Å². The van der Waals surface area contributed by atoms with E-state index < -0.39 is 48.6 Å². The number of carbonyl (C=O) groups excluding carboxylic acids is 2. The molecule has 2 fully saturated rings. The second-order valence-electron chi connectivity index (χ2n) is 10.2. The van der Waals surface area contributed by atoms with Crippen molar-refractivity contribution in [1.29, 1.82) is 0 Å². The lowest BCUT2D eigenvalue weighted by Gasteiger charge is -2.38. The molecule has 1 aliphatic carbocycles. The zero-order valence-corrected chi connectivity index (χ0v) is 21.7. The number of amides is 1. The van der Waals surface area contributed by atoms with Crippen molar-refractivity contribution in [2.24, 2.45) is 11.7 Å². The van der Waals surface area contributed by atoms with Crippen molar-refractivity contribution in [3.63, 3.8) is 0 Å². The Bertz CT molecular complexity index is 1230. The van der Waals surface area contributed by atoms with Crippen molar-refractivity contribution in [1.82, 2.24) is 9.97 Å². The van der Waals surface area contributed by atoms with Crippen LogP contribution in [0.3, 0.4) is 0 Å². The quantitative estimate of drug-likeness (QED) is 0.311. The molecule has 0 spiro atoms. The van der Waals surface area contributed by atoms with Gasteiger partial charge in [0.1, 0.15) is 24.0 Å². The van der Waals surface area contributed by atoms with Crippen LogP contribution in [-0.2, 0) is 19.1 Å². The third-order valence-electron chi connectivity index (χ3n) is 7.50. The lowest BCUT2D eigenvalue weighted by atomic mass is 9.77. The number of primary amides is 1. The largest absolute Gasteiger partial charge is 0.479 e. The molecule has 0 bridgehead atoms. The van der Waals surface area contributed by atoms with Gasteiger partial charge in [-0.25, -0.2) is 9.78 Å². The Hall–Kier alpha value is -3.45. The predicted molar refractivity (Wildman–Crippen MR) is 135 cm³/mol. The zero-order chi connectivity index (χ0) is 28.4. The first-order chi connectivity index (χ1) is 18.5. The van der Waals surface area contributed by atoms with Crippen molar-refractivity contribution < 1.29 is 44.3 Å². The number of rotatable bonds is 7. The van der Waals surface area contributed by atoms with Crippen LogP contribution in [0.15, 0.2) is 24.3 Å². The maximum atomic E-state index is 12.5. The molecule has 2 heterocycles. The number of benzene rings is 1. The monoisotopic (exact) mass is 543 g/mol. The Morgan fingerprint density at radius 3 is 2.18 bits per heavy atom. The van der Waals surface area contributed by atoms with Gasteiger partial charge in [-0.15, -0.1) is 0 Å². The van der Waals surface area contributed by atoms with E-state index in [1.54, 1.807) is 6.92 Å². The van der Waals surface area contributed by atoms with Gasteiger partial charge < -0.3 is 35.6 Å². The molecule has 0 radical (unpaired) electrons. The second kappa shape index (κ2) is 11.7. The summed E-state index contributed by atoms with van der Waals surface area (Å²) in [4.78, 5) is 44.2. The maximum absolute atomic E-state index is 12.5. The Kier molecular flexibility index (Phi) is 8.60. The summed E-state index contributed by atoms with van der Waals surface area (Å²) in [5, 5.41) is 38.8. The number of aliphatic hydroxyl groups excluding tert-OH is 3. The van der Waals surface area contributed by atoms with Crippen LogP contribution < -0.4 is 5.73 Å². The summed E-state index contributed by atoms with van der Waals surface area (Å²) in [6.45, 7) is 3.53. The smallest absolute Gasteiger partial charge is 0.335 e. The predicted octanol–water partition coefficient (Wildman–Crippen LogP) is 0.959. The SMILES string of the molecule is Cc1nc(C)c(-c2ccc(C3CCC(CC(=O)O[C@@H]4O[C@H](C(=O)O)[C@@H](O)[C@H](O)[C@H]4O)CC3)cc2)nc1C(N)=O. The summed E-state index contributed by atoms with van der Waals surface area (Å²) in [7, 11) is 0. The molecule has 1 aromatic heterocycles. The third kappa shape index (κ3) is 6.25. The zero-order valence-electron chi connectivity index (χ0n) is 21.7. The molecule has 2 aliphatic rings.